The van der Waals surface area contributed by atoms with Crippen LogP contribution in [0.2, 0.25) is 0 Å². The van der Waals surface area contributed by atoms with Gasteiger partial charge in [0.2, 0.25) is 0 Å². The average Bonchev–Trinajstić information content (AvgIpc) is 2.96. The van der Waals surface area contributed by atoms with Crippen molar-refractivity contribution in [2.75, 3.05) is 13.2 Å². The summed E-state index contributed by atoms with van der Waals surface area (Å²) in [5.74, 6) is -2.06. The molecule has 4 nitrogen and oxygen atoms in total. The number of ether oxygens (including phenoxy) is 1. The van der Waals surface area contributed by atoms with Crippen molar-refractivity contribution in [1.82, 2.24) is 10.3 Å². The Morgan fingerprint density at radius 2 is 2.04 bits per heavy atom. The van der Waals surface area contributed by atoms with E-state index in [0.29, 0.717) is 19.0 Å². The lowest BCUT2D eigenvalue weighted by Gasteiger charge is -2.07. The van der Waals surface area contributed by atoms with Gasteiger partial charge in [-0.3, -0.25) is 4.79 Å². The summed E-state index contributed by atoms with van der Waals surface area (Å²) in [6.07, 6.45) is 0.607. The molecule has 0 saturated heterocycles. The second-order valence-electron chi connectivity index (χ2n) is 5.04. The highest BCUT2D eigenvalue weighted by Gasteiger charge is 2.08. The summed E-state index contributed by atoms with van der Waals surface area (Å²) < 4.78 is 32.3. The van der Waals surface area contributed by atoms with E-state index < -0.39 is 11.6 Å². The zero-order valence-corrected chi connectivity index (χ0v) is 13.4. The molecule has 0 aliphatic rings. The van der Waals surface area contributed by atoms with Gasteiger partial charge in [0.25, 0.3) is 5.91 Å². The molecule has 1 N–H and O–H groups in total. The lowest BCUT2D eigenvalue weighted by Crippen LogP contribution is -2.30. The van der Waals surface area contributed by atoms with Crippen LogP contribution >= 0.6 is 11.3 Å². The van der Waals surface area contributed by atoms with E-state index in [2.05, 4.69) is 10.3 Å². The zero-order valence-electron chi connectivity index (χ0n) is 12.6. The Hall–Kier alpha value is -2.54. The van der Waals surface area contributed by atoms with Crippen LogP contribution in [0, 0.1) is 11.6 Å². The first kappa shape index (κ1) is 16.3. The number of thiazole rings is 1. The quantitative estimate of drug-likeness (QED) is 0.744. The van der Waals surface area contributed by atoms with Gasteiger partial charge >= 0.3 is 0 Å². The Morgan fingerprint density at radius 3 is 2.83 bits per heavy atom. The highest BCUT2D eigenvalue weighted by Crippen LogP contribution is 2.21. The van der Waals surface area contributed by atoms with Crippen LogP contribution in [0.15, 0.2) is 42.5 Å². The van der Waals surface area contributed by atoms with E-state index in [1.165, 1.54) is 0 Å². The van der Waals surface area contributed by atoms with Crippen molar-refractivity contribution in [1.29, 1.82) is 0 Å². The lowest BCUT2D eigenvalue weighted by molar-refractivity contribution is -0.123. The lowest BCUT2D eigenvalue weighted by atomic mass is 10.3. The van der Waals surface area contributed by atoms with Crippen molar-refractivity contribution in [3.05, 3.63) is 59.1 Å². The Balaban J connectivity index is 1.45. The molecule has 0 aliphatic heterocycles. The third-order valence-corrected chi connectivity index (χ3v) is 4.35. The molecule has 0 unspecified atom stereocenters. The maximum absolute atomic E-state index is 13.4. The maximum Gasteiger partial charge on any atom is 0.257 e. The highest BCUT2D eigenvalue weighted by molar-refractivity contribution is 7.18. The average molecular weight is 348 g/mol. The van der Waals surface area contributed by atoms with E-state index >= 15 is 0 Å². The van der Waals surface area contributed by atoms with Gasteiger partial charge in [-0.2, -0.15) is 0 Å². The molecule has 1 aromatic heterocycles. The van der Waals surface area contributed by atoms with Gasteiger partial charge in [-0.05, 0) is 24.3 Å². The van der Waals surface area contributed by atoms with Crippen molar-refractivity contribution in [2.45, 2.75) is 6.42 Å². The minimum atomic E-state index is -0.836. The smallest absolute Gasteiger partial charge is 0.257 e. The van der Waals surface area contributed by atoms with Crippen molar-refractivity contribution in [2.24, 2.45) is 0 Å². The number of nitrogens with one attached hydrogen (secondary N) is 1. The molecular formula is C17H14F2N2O2S. The number of hydrogen-bond donors (Lipinski definition) is 1. The van der Waals surface area contributed by atoms with Crippen LogP contribution < -0.4 is 10.1 Å². The van der Waals surface area contributed by atoms with Crippen LogP contribution in [0.5, 0.6) is 5.75 Å². The molecule has 7 heteroatoms. The van der Waals surface area contributed by atoms with Gasteiger partial charge < -0.3 is 10.1 Å². The van der Waals surface area contributed by atoms with Crippen LogP contribution in [0.1, 0.15) is 5.01 Å². The molecule has 0 atom stereocenters. The number of nitrogens with zero attached hydrogens (tertiary/aromatic N) is 1. The van der Waals surface area contributed by atoms with E-state index in [-0.39, 0.29) is 18.3 Å². The third-order valence-electron chi connectivity index (χ3n) is 3.25. The van der Waals surface area contributed by atoms with Gasteiger partial charge in [-0.15, -0.1) is 11.3 Å². The minimum Gasteiger partial charge on any atom is -0.481 e. The molecule has 0 aliphatic carbocycles. The standard InChI is InChI=1S/C17H14F2N2O2S/c18-11-5-6-14(12(19)9-11)23-10-16(22)20-8-7-17-21-13-3-1-2-4-15(13)24-17/h1-6,9H,7-8,10H2,(H,20,22). The zero-order chi connectivity index (χ0) is 16.9. The number of amides is 1. The summed E-state index contributed by atoms with van der Waals surface area (Å²) in [5, 5.41) is 3.62. The molecule has 3 rings (SSSR count). The maximum atomic E-state index is 13.4. The summed E-state index contributed by atoms with van der Waals surface area (Å²) >= 11 is 1.58. The monoisotopic (exact) mass is 348 g/mol. The molecule has 0 fully saturated rings. The number of carbonyl (C=O) groups excluding carboxylic acids is 1. The second kappa shape index (κ2) is 7.35. The molecule has 0 spiro atoms. The fraction of sp³-hybridized carbons (Fsp3) is 0.176. The van der Waals surface area contributed by atoms with Gasteiger partial charge in [0.05, 0.1) is 15.2 Å². The summed E-state index contributed by atoms with van der Waals surface area (Å²) in [5.41, 5.74) is 0.943. The molecule has 2 aromatic carbocycles. The summed E-state index contributed by atoms with van der Waals surface area (Å²) in [6, 6.07) is 10.8. The van der Waals surface area contributed by atoms with Crippen LogP contribution in [0.4, 0.5) is 8.78 Å². The third kappa shape index (κ3) is 4.05. The van der Waals surface area contributed by atoms with E-state index in [0.717, 1.165) is 27.4 Å². The summed E-state index contributed by atoms with van der Waals surface area (Å²) in [4.78, 5) is 16.2. The van der Waals surface area contributed by atoms with Crippen molar-refractivity contribution < 1.29 is 18.3 Å². The first-order chi connectivity index (χ1) is 11.6. The molecule has 0 saturated carbocycles. The van der Waals surface area contributed by atoms with E-state index in [9.17, 15) is 13.6 Å². The molecule has 0 radical (unpaired) electrons. The minimum absolute atomic E-state index is 0.155. The topological polar surface area (TPSA) is 51.2 Å². The van der Waals surface area contributed by atoms with Gasteiger partial charge in [0, 0.05) is 19.0 Å². The predicted octanol–water partition coefficient (Wildman–Crippen LogP) is 3.31. The first-order valence-corrected chi connectivity index (χ1v) is 8.12. The van der Waals surface area contributed by atoms with Crippen LogP contribution in [-0.4, -0.2) is 24.0 Å². The molecule has 3 aromatic rings. The summed E-state index contributed by atoms with van der Waals surface area (Å²) in [6.45, 7) is 0.0797. The van der Waals surface area contributed by atoms with Crippen LogP contribution in [-0.2, 0) is 11.2 Å². The molecule has 0 bridgehead atoms. The first-order valence-electron chi connectivity index (χ1n) is 7.31. The Morgan fingerprint density at radius 1 is 1.21 bits per heavy atom. The number of fused-ring (bicyclic) bond motifs is 1. The van der Waals surface area contributed by atoms with Crippen LogP contribution in [0.3, 0.4) is 0 Å². The normalized spacial score (nSPS) is 10.8. The van der Waals surface area contributed by atoms with Crippen molar-refractivity contribution >= 4 is 27.5 Å². The fourth-order valence-corrected chi connectivity index (χ4v) is 3.09. The highest BCUT2D eigenvalue weighted by atomic mass is 32.1. The fourth-order valence-electron chi connectivity index (χ4n) is 2.12. The van der Waals surface area contributed by atoms with Gasteiger partial charge in [0.1, 0.15) is 5.82 Å². The number of halogens is 2. The SMILES string of the molecule is O=C(COc1ccc(F)cc1F)NCCc1nc2ccccc2s1. The van der Waals surface area contributed by atoms with Crippen LogP contribution in [0.25, 0.3) is 10.2 Å². The largest absolute Gasteiger partial charge is 0.481 e. The Labute approximate surface area is 141 Å². The molecule has 1 amide bonds. The number of carbonyl (C=O) groups is 1. The van der Waals surface area contributed by atoms with Crippen molar-refractivity contribution in [3.8, 4) is 5.75 Å². The number of aromatic nitrogens is 1. The van der Waals surface area contributed by atoms with Gasteiger partial charge in [-0.1, -0.05) is 12.1 Å². The number of rotatable bonds is 6. The van der Waals surface area contributed by atoms with E-state index in [1.54, 1.807) is 11.3 Å². The molecule has 24 heavy (non-hydrogen) atoms. The Kier molecular flexibility index (Phi) is 5.00. The number of para-hydroxylation sites is 1. The number of benzene rings is 2. The van der Waals surface area contributed by atoms with Crippen molar-refractivity contribution in [3.63, 3.8) is 0 Å². The van der Waals surface area contributed by atoms with Gasteiger partial charge in [-0.25, -0.2) is 13.8 Å². The Bertz CT molecular complexity index is 834. The number of hydrogen-bond acceptors (Lipinski definition) is 4. The molecular weight excluding hydrogens is 334 g/mol. The summed E-state index contributed by atoms with van der Waals surface area (Å²) in [7, 11) is 0. The van der Waals surface area contributed by atoms with E-state index in [4.69, 9.17) is 4.74 Å². The van der Waals surface area contributed by atoms with E-state index in [1.807, 2.05) is 24.3 Å². The second-order valence-corrected chi connectivity index (χ2v) is 6.15. The molecule has 124 valence electrons. The van der Waals surface area contributed by atoms with Gasteiger partial charge in [0.15, 0.2) is 18.2 Å². The molecule has 1 heterocycles. The predicted molar refractivity (Wildman–Crippen MR) is 88.2 cm³/mol.